The molecule has 5 rings (SSSR count). The molecule has 0 saturated carbocycles. The minimum absolute atomic E-state index is 0.107. The fourth-order valence-corrected chi connectivity index (χ4v) is 5.60. The Bertz CT molecular complexity index is 1470. The fraction of sp³-hybridized carbons (Fsp3) is 0.364. The quantitative estimate of drug-likeness (QED) is 0.265. The first kappa shape index (κ1) is 29.4. The second kappa shape index (κ2) is 13.7. The molecule has 1 fully saturated rings. The number of fused-ring (bicyclic) bond motifs is 1. The molecule has 2 unspecified atom stereocenters. The molecule has 222 valence electrons. The lowest BCUT2D eigenvalue weighted by atomic mass is 9.94. The molecule has 42 heavy (non-hydrogen) atoms. The van der Waals surface area contributed by atoms with Crippen molar-refractivity contribution in [2.45, 2.75) is 12.1 Å². The van der Waals surface area contributed by atoms with Gasteiger partial charge in [-0.2, -0.15) is 0 Å². The average Bonchev–Trinajstić information content (AvgIpc) is 3.04. The number of methoxy groups -OCH3 is 4. The Morgan fingerprint density at radius 2 is 1.52 bits per heavy atom. The summed E-state index contributed by atoms with van der Waals surface area (Å²) >= 11 is 0. The molecular formula is C33H39N3O6. The summed E-state index contributed by atoms with van der Waals surface area (Å²) in [5.41, 5.74) is 2.94. The van der Waals surface area contributed by atoms with Crippen molar-refractivity contribution in [2.24, 2.45) is 0 Å². The van der Waals surface area contributed by atoms with Crippen molar-refractivity contribution in [3.63, 3.8) is 0 Å². The van der Waals surface area contributed by atoms with Crippen molar-refractivity contribution >= 4 is 10.9 Å². The third-order valence-electron chi connectivity index (χ3n) is 7.69. The largest absolute Gasteiger partial charge is 0.493 e. The van der Waals surface area contributed by atoms with Gasteiger partial charge in [0.15, 0.2) is 23.0 Å². The third kappa shape index (κ3) is 6.54. The molecule has 9 nitrogen and oxygen atoms in total. The van der Waals surface area contributed by atoms with Gasteiger partial charge in [0.1, 0.15) is 12.7 Å². The van der Waals surface area contributed by atoms with E-state index in [2.05, 4.69) is 26.9 Å². The molecule has 0 radical (unpaired) electrons. The second-order valence-electron chi connectivity index (χ2n) is 10.2. The first-order valence-corrected chi connectivity index (χ1v) is 14.1. The van der Waals surface area contributed by atoms with E-state index in [-0.39, 0.29) is 12.6 Å². The van der Waals surface area contributed by atoms with Crippen molar-refractivity contribution < 1.29 is 28.8 Å². The molecule has 3 aromatic carbocycles. The zero-order valence-corrected chi connectivity index (χ0v) is 24.7. The number of ether oxygens (including phenoxy) is 5. The number of benzene rings is 3. The Morgan fingerprint density at radius 1 is 0.762 bits per heavy atom. The molecule has 4 aromatic rings. The van der Waals surface area contributed by atoms with Crippen LogP contribution in [-0.4, -0.2) is 93.8 Å². The molecule has 0 bridgehead atoms. The monoisotopic (exact) mass is 573 g/mol. The number of pyridine rings is 1. The van der Waals surface area contributed by atoms with E-state index in [4.69, 9.17) is 23.7 Å². The van der Waals surface area contributed by atoms with Crippen LogP contribution in [0.15, 0.2) is 72.8 Å². The number of hydrogen-bond acceptors (Lipinski definition) is 9. The Hall–Kier alpha value is -4.05. The van der Waals surface area contributed by atoms with Gasteiger partial charge in [-0.25, -0.2) is 4.98 Å². The number of nitrogens with zero attached hydrogens (tertiary/aromatic N) is 3. The maximum absolute atomic E-state index is 10.8. The van der Waals surface area contributed by atoms with Crippen molar-refractivity contribution in [2.75, 3.05) is 67.8 Å². The molecule has 1 aliphatic heterocycles. The normalized spacial score (nSPS) is 15.6. The van der Waals surface area contributed by atoms with Crippen molar-refractivity contribution in [1.82, 2.24) is 14.8 Å². The van der Waals surface area contributed by atoms with Gasteiger partial charge in [0, 0.05) is 49.7 Å². The van der Waals surface area contributed by atoms with E-state index in [9.17, 15) is 5.11 Å². The Balaban J connectivity index is 1.28. The average molecular weight is 574 g/mol. The van der Waals surface area contributed by atoms with Gasteiger partial charge < -0.3 is 28.8 Å². The molecular weight excluding hydrogens is 534 g/mol. The van der Waals surface area contributed by atoms with Crippen LogP contribution < -0.4 is 23.7 Å². The Labute approximate surface area is 247 Å². The highest BCUT2D eigenvalue weighted by Crippen LogP contribution is 2.42. The van der Waals surface area contributed by atoms with Crippen LogP contribution in [0.1, 0.15) is 17.2 Å². The molecule has 1 aromatic heterocycles. The topological polar surface area (TPSA) is 85.8 Å². The molecule has 0 aliphatic carbocycles. The summed E-state index contributed by atoms with van der Waals surface area (Å²) in [6.07, 6.45) is -0.634. The van der Waals surface area contributed by atoms with Crippen LogP contribution in [0.5, 0.6) is 28.9 Å². The van der Waals surface area contributed by atoms with Gasteiger partial charge in [-0.3, -0.25) is 9.80 Å². The van der Waals surface area contributed by atoms with Gasteiger partial charge in [0.05, 0.1) is 40.0 Å². The summed E-state index contributed by atoms with van der Waals surface area (Å²) in [4.78, 5) is 9.24. The lowest BCUT2D eigenvalue weighted by Gasteiger charge is -2.40. The zero-order valence-electron chi connectivity index (χ0n) is 24.7. The van der Waals surface area contributed by atoms with E-state index in [0.29, 0.717) is 35.4 Å². The smallest absolute Gasteiger partial charge is 0.213 e. The SMILES string of the molecule is COc1ccc(C(c2cccc(OC)c2OC)N2CCN(CC(O)COc3ccc4ccccc4n3)CC2)cc1OC. The van der Waals surface area contributed by atoms with E-state index in [1.807, 2.05) is 60.7 Å². The van der Waals surface area contributed by atoms with Crippen molar-refractivity contribution in [3.8, 4) is 28.9 Å². The lowest BCUT2D eigenvalue weighted by Crippen LogP contribution is -2.50. The molecule has 1 saturated heterocycles. The zero-order chi connectivity index (χ0) is 29.5. The number of β-amino-alcohol motifs (C(OH)–C–C–N with tert-alkyl or cyclic N) is 1. The van der Waals surface area contributed by atoms with Crippen LogP contribution >= 0.6 is 0 Å². The number of aliphatic hydroxyl groups excluding tert-OH is 1. The second-order valence-corrected chi connectivity index (χ2v) is 10.2. The molecule has 9 heteroatoms. The third-order valence-corrected chi connectivity index (χ3v) is 7.69. The Kier molecular flexibility index (Phi) is 9.63. The minimum Gasteiger partial charge on any atom is -0.493 e. The summed E-state index contributed by atoms with van der Waals surface area (Å²) < 4.78 is 28.4. The predicted molar refractivity (Wildman–Crippen MR) is 162 cm³/mol. The first-order valence-electron chi connectivity index (χ1n) is 14.1. The minimum atomic E-state index is -0.634. The molecule has 1 N–H and O–H groups in total. The van der Waals surface area contributed by atoms with Crippen LogP contribution in [0.25, 0.3) is 10.9 Å². The number of piperazine rings is 1. The van der Waals surface area contributed by atoms with E-state index in [1.165, 1.54) is 0 Å². The van der Waals surface area contributed by atoms with E-state index < -0.39 is 6.10 Å². The maximum Gasteiger partial charge on any atom is 0.213 e. The van der Waals surface area contributed by atoms with Crippen molar-refractivity contribution in [3.05, 3.63) is 83.9 Å². The first-order chi connectivity index (χ1) is 20.5. The fourth-order valence-electron chi connectivity index (χ4n) is 5.60. The summed E-state index contributed by atoms with van der Waals surface area (Å²) in [6.45, 7) is 3.87. The van der Waals surface area contributed by atoms with E-state index in [0.717, 1.165) is 48.2 Å². The standard InChI is InChI=1S/C33H39N3O6/c1-38-28-14-12-24(20-30(28)40-3)32(26-9-7-11-29(39-2)33(26)41-4)36-18-16-35(17-19-36)21-25(37)22-42-31-15-13-23-8-5-6-10-27(23)34-31/h5-15,20,25,32,37H,16-19,21-22H2,1-4H3. The van der Waals surface area contributed by atoms with Gasteiger partial charge in [0.25, 0.3) is 0 Å². The van der Waals surface area contributed by atoms with Gasteiger partial charge in [-0.05, 0) is 35.9 Å². The summed E-state index contributed by atoms with van der Waals surface area (Å²) in [6, 6.07) is 23.6. The van der Waals surface area contributed by atoms with Crippen LogP contribution in [0.4, 0.5) is 0 Å². The van der Waals surface area contributed by atoms with Gasteiger partial charge in [-0.15, -0.1) is 0 Å². The highest BCUT2D eigenvalue weighted by Gasteiger charge is 2.31. The van der Waals surface area contributed by atoms with Crippen LogP contribution in [0.2, 0.25) is 0 Å². The summed E-state index contributed by atoms with van der Waals surface area (Å²) in [7, 11) is 6.60. The number of aliphatic hydroxyl groups is 1. The van der Waals surface area contributed by atoms with Gasteiger partial charge >= 0.3 is 0 Å². The number of aromatic nitrogens is 1. The molecule has 1 aliphatic rings. The molecule has 2 heterocycles. The highest BCUT2D eigenvalue weighted by atomic mass is 16.5. The molecule has 2 atom stereocenters. The van der Waals surface area contributed by atoms with Crippen molar-refractivity contribution in [1.29, 1.82) is 0 Å². The Morgan fingerprint density at radius 3 is 2.26 bits per heavy atom. The molecule has 0 amide bonds. The summed E-state index contributed by atoms with van der Waals surface area (Å²) in [5.74, 6) is 3.25. The van der Waals surface area contributed by atoms with E-state index >= 15 is 0 Å². The number of hydrogen-bond donors (Lipinski definition) is 1. The predicted octanol–water partition coefficient (Wildman–Crippen LogP) is 4.42. The highest BCUT2D eigenvalue weighted by molar-refractivity contribution is 5.78. The van der Waals surface area contributed by atoms with Crippen LogP contribution in [0, 0.1) is 0 Å². The van der Waals surface area contributed by atoms with Gasteiger partial charge in [0.2, 0.25) is 5.88 Å². The lowest BCUT2D eigenvalue weighted by molar-refractivity contribution is 0.0389. The number of rotatable bonds is 12. The molecule has 0 spiro atoms. The van der Waals surface area contributed by atoms with Crippen LogP contribution in [0.3, 0.4) is 0 Å². The number of para-hydroxylation sites is 2. The van der Waals surface area contributed by atoms with E-state index in [1.54, 1.807) is 28.4 Å². The summed E-state index contributed by atoms with van der Waals surface area (Å²) in [5, 5.41) is 11.8. The van der Waals surface area contributed by atoms with Crippen LogP contribution in [-0.2, 0) is 0 Å². The van der Waals surface area contributed by atoms with Gasteiger partial charge in [-0.1, -0.05) is 36.4 Å². The maximum atomic E-state index is 10.8.